The molecule has 1 atom stereocenters. The number of benzene rings is 2. The largest absolute Gasteiger partial charge is 0.491 e. The summed E-state index contributed by atoms with van der Waals surface area (Å²) in [5.74, 6) is 0.501. The molecule has 2 aromatic carbocycles. The predicted octanol–water partition coefficient (Wildman–Crippen LogP) is 4.08. The first-order valence-electron chi connectivity index (χ1n) is 9.51. The summed E-state index contributed by atoms with van der Waals surface area (Å²) in [6, 6.07) is 18.1. The second-order valence-electron chi connectivity index (χ2n) is 6.90. The van der Waals surface area contributed by atoms with Gasteiger partial charge >= 0.3 is 0 Å². The fourth-order valence-electron chi connectivity index (χ4n) is 2.79. The van der Waals surface area contributed by atoms with Gasteiger partial charge in [0.1, 0.15) is 5.75 Å². The Labute approximate surface area is 170 Å². The van der Waals surface area contributed by atoms with Crippen molar-refractivity contribution in [3.8, 4) is 5.75 Å². The highest BCUT2D eigenvalue weighted by Gasteiger charge is 2.12. The number of aliphatic hydroxyl groups excluding tert-OH is 1. The van der Waals surface area contributed by atoms with Crippen LogP contribution in [0.25, 0.3) is 0 Å². The number of ether oxygens (including phenoxy) is 1. The molecule has 0 fully saturated rings. The molecule has 0 saturated heterocycles. The number of carbonyl (C=O) groups excluding carboxylic acids is 1. The van der Waals surface area contributed by atoms with Gasteiger partial charge in [0.2, 0.25) is 0 Å². The minimum absolute atomic E-state index is 0.0915. The van der Waals surface area contributed by atoms with Gasteiger partial charge in [-0.05, 0) is 61.9 Å². The summed E-state index contributed by atoms with van der Waals surface area (Å²) in [5, 5.41) is 16.4. The molecular formula is C23H25N3O3. The van der Waals surface area contributed by atoms with Gasteiger partial charge in [-0.15, -0.1) is 0 Å². The molecule has 0 spiro atoms. The average molecular weight is 391 g/mol. The third kappa shape index (κ3) is 6.05. The Morgan fingerprint density at radius 3 is 2.45 bits per heavy atom. The van der Waals surface area contributed by atoms with E-state index in [1.54, 1.807) is 36.7 Å². The first kappa shape index (κ1) is 20.4. The first-order valence-corrected chi connectivity index (χ1v) is 9.51. The molecule has 1 heterocycles. The summed E-state index contributed by atoms with van der Waals surface area (Å²) in [5.41, 5.74) is 2.91. The minimum Gasteiger partial charge on any atom is -0.491 e. The molecule has 150 valence electrons. The fourth-order valence-corrected chi connectivity index (χ4v) is 2.79. The average Bonchev–Trinajstić information content (AvgIpc) is 2.73. The van der Waals surface area contributed by atoms with Gasteiger partial charge in [0.15, 0.2) is 0 Å². The van der Waals surface area contributed by atoms with Crippen LogP contribution in [0.5, 0.6) is 5.75 Å². The molecule has 3 rings (SSSR count). The number of pyridine rings is 1. The molecule has 6 heteroatoms. The summed E-state index contributed by atoms with van der Waals surface area (Å²) < 4.78 is 5.60. The molecule has 1 aromatic heterocycles. The molecule has 0 bridgehead atoms. The lowest BCUT2D eigenvalue weighted by molar-refractivity contribution is 0.0916. The van der Waals surface area contributed by atoms with Crippen LogP contribution in [0.2, 0.25) is 0 Å². The number of hydrogen-bond donors (Lipinski definition) is 3. The highest BCUT2D eigenvalue weighted by molar-refractivity contribution is 5.95. The number of rotatable bonds is 8. The molecule has 3 aromatic rings. The van der Waals surface area contributed by atoms with Gasteiger partial charge in [-0.2, -0.15) is 0 Å². The first-order chi connectivity index (χ1) is 14.0. The SMILES string of the molecule is CC(C)Oc1ccc(C(O)CNC(=O)c2cccc(Nc3ccncc3)c2)cc1. The van der Waals surface area contributed by atoms with Crippen LogP contribution in [-0.2, 0) is 0 Å². The van der Waals surface area contributed by atoms with E-state index in [1.807, 2.05) is 50.2 Å². The Balaban J connectivity index is 1.56. The smallest absolute Gasteiger partial charge is 0.251 e. The Kier molecular flexibility index (Phi) is 6.81. The van der Waals surface area contributed by atoms with Gasteiger partial charge in [0.25, 0.3) is 5.91 Å². The molecule has 1 unspecified atom stereocenters. The predicted molar refractivity (Wildman–Crippen MR) is 113 cm³/mol. The number of nitrogens with one attached hydrogen (secondary N) is 2. The van der Waals surface area contributed by atoms with Gasteiger partial charge in [-0.1, -0.05) is 18.2 Å². The van der Waals surface area contributed by atoms with Crippen molar-refractivity contribution < 1.29 is 14.6 Å². The molecule has 0 saturated carbocycles. The quantitative estimate of drug-likeness (QED) is 0.539. The van der Waals surface area contributed by atoms with E-state index in [4.69, 9.17) is 4.74 Å². The van der Waals surface area contributed by atoms with Crippen LogP contribution in [0.1, 0.15) is 35.9 Å². The number of anilines is 2. The highest BCUT2D eigenvalue weighted by atomic mass is 16.5. The van der Waals surface area contributed by atoms with E-state index in [-0.39, 0.29) is 18.6 Å². The molecule has 1 amide bonds. The van der Waals surface area contributed by atoms with E-state index in [1.165, 1.54) is 0 Å². The second-order valence-corrected chi connectivity index (χ2v) is 6.90. The molecule has 0 radical (unpaired) electrons. The standard InChI is InChI=1S/C23H25N3O3/c1-16(2)29-21-8-6-17(7-9-21)22(27)15-25-23(28)18-4-3-5-20(14-18)26-19-10-12-24-13-11-19/h3-14,16,22,27H,15H2,1-2H3,(H,24,26)(H,25,28). The topological polar surface area (TPSA) is 83.5 Å². The lowest BCUT2D eigenvalue weighted by Crippen LogP contribution is -2.28. The monoisotopic (exact) mass is 391 g/mol. The van der Waals surface area contributed by atoms with Gasteiger partial charge < -0.3 is 20.5 Å². The lowest BCUT2D eigenvalue weighted by Gasteiger charge is -2.14. The zero-order chi connectivity index (χ0) is 20.6. The van der Waals surface area contributed by atoms with Crippen molar-refractivity contribution in [1.29, 1.82) is 0 Å². The van der Waals surface area contributed by atoms with Crippen LogP contribution in [-0.4, -0.2) is 28.6 Å². The molecular weight excluding hydrogens is 366 g/mol. The maximum Gasteiger partial charge on any atom is 0.251 e. The lowest BCUT2D eigenvalue weighted by atomic mass is 10.1. The number of amides is 1. The summed E-state index contributed by atoms with van der Waals surface area (Å²) in [6.07, 6.45) is 2.68. The molecule has 0 aliphatic carbocycles. The number of hydrogen-bond acceptors (Lipinski definition) is 5. The zero-order valence-electron chi connectivity index (χ0n) is 16.5. The number of aromatic nitrogens is 1. The van der Waals surface area contributed by atoms with E-state index in [2.05, 4.69) is 15.6 Å². The van der Waals surface area contributed by atoms with Crippen molar-refractivity contribution in [3.05, 3.63) is 84.2 Å². The van der Waals surface area contributed by atoms with Gasteiger partial charge in [0, 0.05) is 35.9 Å². The normalized spacial score (nSPS) is 11.7. The molecule has 0 aliphatic heterocycles. The van der Waals surface area contributed by atoms with E-state index in [0.717, 1.165) is 22.7 Å². The van der Waals surface area contributed by atoms with Crippen molar-refractivity contribution in [1.82, 2.24) is 10.3 Å². The summed E-state index contributed by atoms with van der Waals surface area (Å²) >= 11 is 0. The van der Waals surface area contributed by atoms with Crippen molar-refractivity contribution in [2.75, 3.05) is 11.9 Å². The fraction of sp³-hybridized carbons (Fsp3) is 0.217. The van der Waals surface area contributed by atoms with Gasteiger partial charge in [-0.3, -0.25) is 9.78 Å². The summed E-state index contributed by atoms with van der Waals surface area (Å²) in [7, 11) is 0. The summed E-state index contributed by atoms with van der Waals surface area (Å²) in [4.78, 5) is 16.5. The van der Waals surface area contributed by atoms with E-state index in [9.17, 15) is 9.90 Å². The van der Waals surface area contributed by atoms with E-state index < -0.39 is 6.10 Å². The van der Waals surface area contributed by atoms with Crippen LogP contribution in [0.15, 0.2) is 73.1 Å². The van der Waals surface area contributed by atoms with Crippen molar-refractivity contribution >= 4 is 17.3 Å². The Morgan fingerprint density at radius 1 is 1.03 bits per heavy atom. The molecule has 29 heavy (non-hydrogen) atoms. The van der Waals surface area contributed by atoms with Gasteiger partial charge in [0.05, 0.1) is 12.2 Å². The van der Waals surface area contributed by atoms with Crippen molar-refractivity contribution in [3.63, 3.8) is 0 Å². The zero-order valence-corrected chi connectivity index (χ0v) is 16.5. The van der Waals surface area contributed by atoms with Crippen LogP contribution in [0.4, 0.5) is 11.4 Å². The Morgan fingerprint density at radius 2 is 1.76 bits per heavy atom. The minimum atomic E-state index is -0.801. The van der Waals surface area contributed by atoms with Crippen molar-refractivity contribution in [2.24, 2.45) is 0 Å². The molecule has 3 N–H and O–H groups in total. The number of aliphatic hydroxyl groups is 1. The van der Waals surface area contributed by atoms with E-state index >= 15 is 0 Å². The van der Waals surface area contributed by atoms with Crippen LogP contribution in [0, 0.1) is 0 Å². The van der Waals surface area contributed by atoms with Crippen LogP contribution < -0.4 is 15.4 Å². The number of carbonyl (C=O) groups is 1. The third-order valence-corrected chi connectivity index (χ3v) is 4.19. The van der Waals surface area contributed by atoms with Gasteiger partial charge in [-0.25, -0.2) is 0 Å². The molecule has 6 nitrogen and oxygen atoms in total. The maximum atomic E-state index is 12.5. The Hall–Kier alpha value is -3.38. The maximum absolute atomic E-state index is 12.5. The second kappa shape index (κ2) is 9.71. The van der Waals surface area contributed by atoms with Crippen molar-refractivity contribution in [2.45, 2.75) is 26.1 Å². The third-order valence-electron chi connectivity index (χ3n) is 4.19. The number of nitrogens with zero attached hydrogens (tertiary/aromatic N) is 1. The highest BCUT2D eigenvalue weighted by Crippen LogP contribution is 2.19. The van der Waals surface area contributed by atoms with E-state index in [0.29, 0.717) is 5.56 Å². The summed E-state index contributed by atoms with van der Waals surface area (Å²) in [6.45, 7) is 4.03. The van der Waals surface area contributed by atoms with Crippen LogP contribution in [0.3, 0.4) is 0 Å². The Bertz CT molecular complexity index is 928. The van der Waals surface area contributed by atoms with Crippen LogP contribution >= 0.6 is 0 Å². The molecule has 0 aliphatic rings.